The number of hydrogen-bond acceptors (Lipinski definition) is 10. The van der Waals surface area contributed by atoms with E-state index < -0.39 is 9.84 Å². The number of anilines is 2. The van der Waals surface area contributed by atoms with Gasteiger partial charge in [-0.1, -0.05) is 0 Å². The summed E-state index contributed by atoms with van der Waals surface area (Å²) in [4.78, 5) is 12.6. The van der Waals surface area contributed by atoms with Crippen LogP contribution < -0.4 is 16.8 Å². The van der Waals surface area contributed by atoms with E-state index in [2.05, 4.69) is 36.2 Å². The van der Waals surface area contributed by atoms with Crippen LogP contribution >= 0.6 is 39.0 Å². The van der Waals surface area contributed by atoms with Gasteiger partial charge in [-0.2, -0.15) is 0 Å². The summed E-state index contributed by atoms with van der Waals surface area (Å²) >= 11 is 5.82. The van der Waals surface area contributed by atoms with E-state index in [9.17, 15) is 8.42 Å². The lowest BCUT2D eigenvalue weighted by Gasteiger charge is -2.10. The molecule has 3 aromatic heterocycles. The molecule has 3 heterocycles. The molecule has 0 amide bonds. The van der Waals surface area contributed by atoms with Crippen LogP contribution in [-0.4, -0.2) is 35.5 Å². The monoisotopic (exact) mass is 513 g/mol. The summed E-state index contributed by atoms with van der Waals surface area (Å²) < 4.78 is 27.2. The van der Waals surface area contributed by atoms with E-state index in [0.717, 1.165) is 0 Å². The summed E-state index contributed by atoms with van der Waals surface area (Å²) in [6.45, 7) is 0.327. The minimum Gasteiger partial charge on any atom is -0.383 e. The Kier molecular flexibility index (Phi) is 6.41. The molecule has 3 rings (SSSR count). The van der Waals surface area contributed by atoms with Crippen LogP contribution in [0.4, 0.5) is 11.6 Å². The van der Waals surface area contributed by atoms with Crippen molar-refractivity contribution < 1.29 is 8.42 Å². The van der Waals surface area contributed by atoms with Crippen LogP contribution in [0.2, 0.25) is 0 Å². The standard InChI is InChI=1S/C16H16BrN7O2S3/c1-27-16-12(3-11(28-16)13(18)19)29(25,26)9-2-10(17)15(23-6-9)22-5-8-4-21-7-24-14(8)20/h2-4,6-7H,5H2,1H3,(H3,18,19)(H,22,23)(H2,20,21,24). The molecule has 9 nitrogen and oxygen atoms in total. The molecule has 0 unspecified atom stereocenters. The molecule has 0 saturated carbocycles. The highest BCUT2D eigenvalue weighted by Gasteiger charge is 2.26. The van der Waals surface area contributed by atoms with Crippen molar-refractivity contribution in [3.05, 3.63) is 45.8 Å². The number of sulfone groups is 1. The second-order valence-corrected chi connectivity index (χ2v) is 10.6. The van der Waals surface area contributed by atoms with E-state index in [0.29, 0.717) is 37.3 Å². The molecule has 6 N–H and O–H groups in total. The summed E-state index contributed by atoms with van der Waals surface area (Å²) in [6, 6.07) is 2.90. The quantitative estimate of drug-likeness (QED) is 0.211. The zero-order valence-corrected chi connectivity index (χ0v) is 19.0. The fourth-order valence-corrected chi connectivity index (χ4v) is 6.80. The topological polar surface area (TPSA) is 161 Å². The highest BCUT2D eigenvalue weighted by atomic mass is 79.9. The van der Waals surface area contributed by atoms with Gasteiger partial charge < -0.3 is 16.8 Å². The molecule has 3 aromatic rings. The van der Waals surface area contributed by atoms with Crippen LogP contribution in [0.25, 0.3) is 0 Å². The van der Waals surface area contributed by atoms with Gasteiger partial charge in [0.1, 0.15) is 23.8 Å². The van der Waals surface area contributed by atoms with Crippen LogP contribution in [0, 0.1) is 5.41 Å². The van der Waals surface area contributed by atoms with Crippen molar-refractivity contribution in [3.8, 4) is 0 Å². The van der Waals surface area contributed by atoms with E-state index >= 15 is 0 Å². The van der Waals surface area contributed by atoms with Crippen LogP contribution in [0.3, 0.4) is 0 Å². The smallest absolute Gasteiger partial charge is 0.210 e. The number of aromatic nitrogens is 3. The molecule has 0 saturated heterocycles. The summed E-state index contributed by atoms with van der Waals surface area (Å²) in [6.07, 6.45) is 6.00. The van der Waals surface area contributed by atoms with Crippen molar-refractivity contribution in [3.63, 3.8) is 0 Å². The number of hydrogen-bond donors (Lipinski definition) is 4. The van der Waals surface area contributed by atoms with Crippen molar-refractivity contribution in [2.75, 3.05) is 17.3 Å². The maximum absolute atomic E-state index is 13.1. The van der Waals surface area contributed by atoms with E-state index in [1.807, 2.05) is 0 Å². The molecule has 0 bridgehead atoms. The van der Waals surface area contributed by atoms with Gasteiger partial charge in [0.25, 0.3) is 0 Å². The Morgan fingerprint density at radius 2 is 2.10 bits per heavy atom. The van der Waals surface area contributed by atoms with Crippen molar-refractivity contribution in [2.24, 2.45) is 5.73 Å². The maximum Gasteiger partial charge on any atom is 0.210 e. The molecular formula is C16H16BrN7O2S3. The maximum atomic E-state index is 13.1. The number of nitrogen functional groups attached to an aromatic ring is 2. The number of thioether (sulfide) groups is 1. The van der Waals surface area contributed by atoms with Crippen LogP contribution in [-0.2, 0) is 16.4 Å². The van der Waals surface area contributed by atoms with Crippen molar-refractivity contribution in [2.45, 2.75) is 20.5 Å². The number of amidine groups is 1. The fraction of sp³-hybridized carbons (Fsp3) is 0.125. The van der Waals surface area contributed by atoms with Gasteiger partial charge in [0.05, 0.1) is 23.4 Å². The Bertz CT molecular complexity index is 1180. The first-order valence-electron chi connectivity index (χ1n) is 7.95. The number of halogens is 1. The Balaban J connectivity index is 1.89. The Labute approximate surface area is 183 Å². The van der Waals surface area contributed by atoms with Gasteiger partial charge >= 0.3 is 0 Å². The van der Waals surface area contributed by atoms with E-state index in [1.165, 1.54) is 47.8 Å². The summed E-state index contributed by atoms with van der Waals surface area (Å²) in [5, 5.41) is 10.6. The van der Waals surface area contributed by atoms with E-state index in [4.69, 9.17) is 16.9 Å². The van der Waals surface area contributed by atoms with Crippen LogP contribution in [0.15, 0.2) is 49.3 Å². The predicted octanol–water partition coefficient (Wildman–Crippen LogP) is 2.73. The van der Waals surface area contributed by atoms with Crippen LogP contribution in [0.1, 0.15) is 10.4 Å². The zero-order chi connectivity index (χ0) is 21.2. The molecule has 0 aliphatic rings. The van der Waals surface area contributed by atoms with Gasteiger partial charge in [-0.15, -0.1) is 23.1 Å². The molecule has 0 radical (unpaired) electrons. The number of nitrogens with zero attached hydrogens (tertiary/aromatic N) is 3. The van der Waals surface area contributed by atoms with Gasteiger partial charge in [0.2, 0.25) is 9.84 Å². The van der Waals surface area contributed by atoms with E-state index in [1.54, 1.807) is 12.5 Å². The third-order valence-corrected chi connectivity index (χ3v) is 8.71. The second kappa shape index (κ2) is 8.65. The van der Waals surface area contributed by atoms with Crippen molar-refractivity contribution in [1.29, 1.82) is 5.41 Å². The third kappa shape index (κ3) is 4.52. The largest absolute Gasteiger partial charge is 0.383 e. The average molecular weight is 514 g/mol. The number of rotatable bonds is 7. The molecule has 0 aliphatic heterocycles. The van der Waals surface area contributed by atoms with Gasteiger partial charge in [0.15, 0.2) is 0 Å². The first-order chi connectivity index (χ1) is 13.7. The van der Waals surface area contributed by atoms with Crippen molar-refractivity contribution in [1.82, 2.24) is 15.0 Å². The lowest BCUT2D eigenvalue weighted by Crippen LogP contribution is -2.09. The highest BCUT2D eigenvalue weighted by Crippen LogP contribution is 2.37. The minimum atomic E-state index is -3.83. The van der Waals surface area contributed by atoms with Gasteiger partial charge in [-0.25, -0.2) is 23.4 Å². The lowest BCUT2D eigenvalue weighted by molar-refractivity contribution is 0.594. The minimum absolute atomic E-state index is 0.0284. The Hall–Kier alpha value is -2.22. The first-order valence-corrected chi connectivity index (χ1v) is 12.3. The first kappa shape index (κ1) is 21.5. The fourth-order valence-electron chi connectivity index (χ4n) is 2.33. The molecular weight excluding hydrogens is 498 g/mol. The molecule has 13 heteroatoms. The third-order valence-electron chi connectivity index (χ3n) is 3.80. The molecule has 0 aromatic carbocycles. The Morgan fingerprint density at radius 3 is 2.72 bits per heavy atom. The molecule has 29 heavy (non-hydrogen) atoms. The molecule has 0 aliphatic carbocycles. The average Bonchev–Trinajstić information content (AvgIpc) is 3.14. The SMILES string of the molecule is CSc1sc(C(=N)N)cc1S(=O)(=O)c1cnc(NCc2cncnc2N)c(Br)c1. The number of thiophene rings is 1. The highest BCUT2D eigenvalue weighted by molar-refractivity contribution is 9.10. The van der Waals surface area contributed by atoms with Gasteiger partial charge in [-0.05, 0) is 34.3 Å². The van der Waals surface area contributed by atoms with Gasteiger partial charge in [-0.3, -0.25) is 5.41 Å². The molecule has 0 spiro atoms. The second-order valence-electron chi connectivity index (χ2n) is 5.67. The summed E-state index contributed by atoms with van der Waals surface area (Å²) in [5.74, 6) is 0.632. The number of nitrogens with two attached hydrogens (primary N) is 2. The number of pyridine rings is 1. The Morgan fingerprint density at radius 1 is 1.34 bits per heavy atom. The lowest BCUT2D eigenvalue weighted by atomic mass is 10.3. The predicted molar refractivity (Wildman–Crippen MR) is 118 cm³/mol. The normalized spacial score (nSPS) is 11.4. The van der Waals surface area contributed by atoms with Crippen LogP contribution in [0.5, 0.6) is 0 Å². The summed E-state index contributed by atoms with van der Waals surface area (Å²) in [5.41, 5.74) is 12.0. The van der Waals surface area contributed by atoms with Crippen molar-refractivity contribution >= 4 is 66.3 Å². The summed E-state index contributed by atoms with van der Waals surface area (Å²) in [7, 11) is -3.83. The molecule has 0 fully saturated rings. The zero-order valence-electron chi connectivity index (χ0n) is 15.0. The number of nitrogens with one attached hydrogen (secondary N) is 2. The molecule has 0 atom stereocenters. The molecule has 152 valence electrons. The van der Waals surface area contributed by atoms with E-state index in [-0.39, 0.29) is 15.6 Å². The van der Waals surface area contributed by atoms with Gasteiger partial charge in [0, 0.05) is 24.5 Å².